The summed E-state index contributed by atoms with van der Waals surface area (Å²) in [5, 5.41) is 9.73. The van der Waals surface area contributed by atoms with E-state index in [2.05, 4.69) is 4.72 Å². The first kappa shape index (κ1) is 16.7. The van der Waals surface area contributed by atoms with Crippen molar-refractivity contribution in [2.45, 2.75) is 31.2 Å². The maximum absolute atomic E-state index is 12.2. The van der Waals surface area contributed by atoms with Crippen molar-refractivity contribution in [3.8, 4) is 0 Å². The highest BCUT2D eigenvalue weighted by atomic mass is 35.5. The molecule has 4 nitrogen and oxygen atoms in total. The lowest BCUT2D eigenvalue weighted by Crippen LogP contribution is -2.41. The molecule has 0 saturated carbocycles. The first-order chi connectivity index (χ1) is 8.81. The molecule has 0 aromatic heterocycles. The summed E-state index contributed by atoms with van der Waals surface area (Å²) in [6.45, 7) is 3.55. The molecule has 1 aromatic rings. The molecule has 0 aliphatic rings. The SMILES string of the molecule is CC[C@H](C)[C@@H](CO)NS(=O)(=O)c1ccc(Cl)c(Cl)c1. The van der Waals surface area contributed by atoms with Crippen molar-refractivity contribution >= 4 is 33.2 Å². The number of halogens is 2. The van der Waals surface area contributed by atoms with Crippen molar-refractivity contribution in [1.29, 1.82) is 0 Å². The van der Waals surface area contributed by atoms with E-state index in [0.29, 0.717) is 5.02 Å². The number of hydrogen-bond donors (Lipinski definition) is 2. The Labute approximate surface area is 123 Å². The van der Waals surface area contributed by atoms with E-state index in [1.807, 2.05) is 13.8 Å². The van der Waals surface area contributed by atoms with Gasteiger partial charge in [-0.2, -0.15) is 0 Å². The number of aliphatic hydroxyl groups is 1. The predicted molar refractivity (Wildman–Crippen MR) is 77.1 cm³/mol. The molecule has 0 aliphatic carbocycles. The Morgan fingerprint density at radius 1 is 1.32 bits per heavy atom. The molecule has 0 saturated heterocycles. The molecule has 0 amide bonds. The smallest absolute Gasteiger partial charge is 0.240 e. The molecule has 1 aromatic carbocycles. The van der Waals surface area contributed by atoms with Crippen LogP contribution in [0.25, 0.3) is 0 Å². The Hall–Kier alpha value is -0.330. The summed E-state index contributed by atoms with van der Waals surface area (Å²) in [6, 6.07) is 3.57. The zero-order valence-corrected chi connectivity index (χ0v) is 13.1. The maximum atomic E-state index is 12.2. The fraction of sp³-hybridized carbons (Fsp3) is 0.500. The minimum Gasteiger partial charge on any atom is -0.395 e. The number of nitrogens with one attached hydrogen (secondary N) is 1. The fourth-order valence-corrected chi connectivity index (χ4v) is 3.25. The van der Waals surface area contributed by atoms with Crippen LogP contribution in [0.3, 0.4) is 0 Å². The van der Waals surface area contributed by atoms with Gasteiger partial charge in [-0.1, -0.05) is 43.5 Å². The number of rotatable bonds is 6. The van der Waals surface area contributed by atoms with Gasteiger partial charge in [0, 0.05) is 6.04 Å². The zero-order chi connectivity index (χ0) is 14.6. The molecule has 0 radical (unpaired) electrons. The van der Waals surface area contributed by atoms with Gasteiger partial charge >= 0.3 is 0 Å². The second-order valence-electron chi connectivity index (χ2n) is 4.37. The van der Waals surface area contributed by atoms with Crippen molar-refractivity contribution in [3.63, 3.8) is 0 Å². The Balaban J connectivity index is 3.00. The lowest BCUT2D eigenvalue weighted by atomic mass is 10.0. The van der Waals surface area contributed by atoms with Crippen LogP contribution in [-0.2, 0) is 10.0 Å². The molecular weight excluding hydrogens is 309 g/mol. The number of aliphatic hydroxyl groups excluding tert-OH is 1. The highest BCUT2D eigenvalue weighted by Gasteiger charge is 2.23. The summed E-state index contributed by atoms with van der Waals surface area (Å²) in [7, 11) is -3.72. The molecule has 0 heterocycles. The molecule has 2 N–H and O–H groups in total. The van der Waals surface area contributed by atoms with Crippen molar-refractivity contribution in [2.75, 3.05) is 6.61 Å². The topological polar surface area (TPSA) is 66.4 Å². The molecule has 0 spiro atoms. The third kappa shape index (κ3) is 4.33. The lowest BCUT2D eigenvalue weighted by Gasteiger charge is -2.22. The number of sulfonamides is 1. The molecule has 0 fully saturated rings. The third-order valence-electron chi connectivity index (χ3n) is 3.04. The van der Waals surface area contributed by atoms with E-state index in [9.17, 15) is 13.5 Å². The van der Waals surface area contributed by atoms with E-state index < -0.39 is 16.1 Å². The summed E-state index contributed by atoms with van der Waals surface area (Å²) < 4.78 is 26.8. The van der Waals surface area contributed by atoms with Crippen LogP contribution in [0.5, 0.6) is 0 Å². The Bertz CT molecular complexity index is 534. The molecule has 0 unspecified atom stereocenters. The van der Waals surface area contributed by atoms with E-state index >= 15 is 0 Å². The van der Waals surface area contributed by atoms with Crippen LogP contribution in [0.1, 0.15) is 20.3 Å². The second-order valence-corrected chi connectivity index (χ2v) is 6.90. The normalized spacial score (nSPS) is 15.2. The van der Waals surface area contributed by atoms with E-state index in [1.165, 1.54) is 18.2 Å². The van der Waals surface area contributed by atoms with E-state index in [0.717, 1.165) is 6.42 Å². The van der Waals surface area contributed by atoms with Gasteiger partial charge in [0.1, 0.15) is 0 Å². The summed E-state index contributed by atoms with van der Waals surface area (Å²) in [5.74, 6) is 0.0301. The summed E-state index contributed by atoms with van der Waals surface area (Å²) in [5.41, 5.74) is 0. The summed E-state index contributed by atoms with van der Waals surface area (Å²) >= 11 is 11.6. The predicted octanol–water partition coefficient (Wildman–Crippen LogP) is 2.68. The molecule has 0 bridgehead atoms. The highest BCUT2D eigenvalue weighted by molar-refractivity contribution is 7.89. The van der Waals surface area contributed by atoms with Crippen molar-refractivity contribution in [2.24, 2.45) is 5.92 Å². The van der Waals surface area contributed by atoms with Crippen molar-refractivity contribution in [1.82, 2.24) is 4.72 Å². The number of benzene rings is 1. The van der Waals surface area contributed by atoms with Crippen LogP contribution in [0, 0.1) is 5.92 Å². The average molecular weight is 326 g/mol. The van der Waals surface area contributed by atoms with Crippen LogP contribution >= 0.6 is 23.2 Å². The van der Waals surface area contributed by atoms with E-state index in [-0.39, 0.29) is 22.4 Å². The standard InChI is InChI=1S/C12H17Cl2NO3S/c1-3-8(2)12(7-16)15-19(17,18)9-4-5-10(13)11(14)6-9/h4-6,8,12,15-16H,3,7H2,1-2H3/t8-,12+/m0/s1. The van der Waals surface area contributed by atoms with Crippen LogP contribution < -0.4 is 4.72 Å². The van der Waals surface area contributed by atoms with Crippen LogP contribution in [-0.4, -0.2) is 26.2 Å². The Morgan fingerprint density at radius 3 is 2.42 bits per heavy atom. The monoisotopic (exact) mass is 325 g/mol. The fourth-order valence-electron chi connectivity index (χ4n) is 1.53. The lowest BCUT2D eigenvalue weighted by molar-refractivity contribution is 0.219. The quantitative estimate of drug-likeness (QED) is 0.845. The molecule has 7 heteroatoms. The maximum Gasteiger partial charge on any atom is 0.240 e. The van der Waals surface area contributed by atoms with Crippen LogP contribution in [0.15, 0.2) is 23.1 Å². The van der Waals surface area contributed by atoms with Gasteiger partial charge < -0.3 is 5.11 Å². The third-order valence-corrected chi connectivity index (χ3v) is 5.26. The van der Waals surface area contributed by atoms with Crippen LogP contribution in [0.2, 0.25) is 10.0 Å². The first-order valence-electron chi connectivity index (χ1n) is 5.90. The molecule has 108 valence electrons. The largest absolute Gasteiger partial charge is 0.395 e. The van der Waals surface area contributed by atoms with Crippen molar-refractivity contribution < 1.29 is 13.5 Å². The number of hydrogen-bond acceptors (Lipinski definition) is 3. The van der Waals surface area contributed by atoms with Gasteiger partial charge in [0.05, 0.1) is 21.5 Å². The highest BCUT2D eigenvalue weighted by Crippen LogP contribution is 2.25. The zero-order valence-electron chi connectivity index (χ0n) is 10.7. The Kier molecular flexibility index (Phi) is 6.08. The molecule has 1 rings (SSSR count). The molecule has 0 aliphatic heterocycles. The summed E-state index contributed by atoms with van der Waals surface area (Å²) in [6.07, 6.45) is 0.759. The van der Waals surface area contributed by atoms with E-state index in [4.69, 9.17) is 23.2 Å². The van der Waals surface area contributed by atoms with Gasteiger partial charge in [-0.3, -0.25) is 0 Å². The van der Waals surface area contributed by atoms with E-state index in [1.54, 1.807) is 0 Å². The van der Waals surface area contributed by atoms with Gasteiger partial charge in [-0.25, -0.2) is 13.1 Å². The molecular formula is C12H17Cl2NO3S. The second kappa shape index (κ2) is 6.90. The van der Waals surface area contributed by atoms with Gasteiger partial charge in [0.2, 0.25) is 10.0 Å². The van der Waals surface area contributed by atoms with Gasteiger partial charge in [-0.05, 0) is 24.1 Å². The van der Waals surface area contributed by atoms with Crippen LogP contribution in [0.4, 0.5) is 0 Å². The first-order valence-corrected chi connectivity index (χ1v) is 8.14. The molecule has 19 heavy (non-hydrogen) atoms. The van der Waals surface area contributed by atoms with Gasteiger partial charge in [-0.15, -0.1) is 0 Å². The minimum absolute atomic E-state index is 0.0301. The van der Waals surface area contributed by atoms with Crippen molar-refractivity contribution in [3.05, 3.63) is 28.2 Å². The minimum atomic E-state index is -3.72. The van der Waals surface area contributed by atoms with Gasteiger partial charge in [0.25, 0.3) is 0 Å². The Morgan fingerprint density at radius 2 is 1.95 bits per heavy atom. The molecule has 2 atom stereocenters. The average Bonchev–Trinajstić information content (AvgIpc) is 2.38. The summed E-state index contributed by atoms with van der Waals surface area (Å²) in [4.78, 5) is 0.0312. The van der Waals surface area contributed by atoms with Gasteiger partial charge in [0.15, 0.2) is 0 Å².